The molecule has 1 amide bonds. The highest BCUT2D eigenvalue weighted by atomic mass is 35.5. The van der Waals surface area contributed by atoms with E-state index < -0.39 is 16.5 Å². The van der Waals surface area contributed by atoms with Crippen LogP contribution in [0.4, 0.5) is 5.69 Å². The average molecular weight is 570 g/mol. The summed E-state index contributed by atoms with van der Waals surface area (Å²) in [7, 11) is 0.329. The molecule has 1 fully saturated rings. The van der Waals surface area contributed by atoms with Crippen LogP contribution >= 0.6 is 11.6 Å². The zero-order chi connectivity index (χ0) is 27.0. The second-order valence-electron chi connectivity index (χ2n) is 11.8. The first kappa shape index (κ1) is 27.1. The lowest BCUT2D eigenvalue weighted by molar-refractivity contribution is -0.0220. The first-order chi connectivity index (χ1) is 19.0. The topological polar surface area (TPSA) is 68.2 Å². The van der Waals surface area contributed by atoms with E-state index in [0.717, 1.165) is 74.5 Å². The minimum atomic E-state index is -1.52. The molecule has 2 heterocycles. The van der Waals surface area contributed by atoms with Gasteiger partial charge in [-0.25, -0.2) is 0 Å². The maximum Gasteiger partial charge on any atom is 0.254 e. The van der Waals surface area contributed by atoms with E-state index in [0.29, 0.717) is 29.8 Å². The third-order valence-corrected chi connectivity index (χ3v) is 10.7. The highest BCUT2D eigenvalue weighted by Crippen LogP contribution is 2.47. The number of rotatable bonds is 1. The van der Waals surface area contributed by atoms with Gasteiger partial charge in [0.15, 0.2) is 0 Å². The minimum absolute atomic E-state index is 0.159. The van der Waals surface area contributed by atoms with Gasteiger partial charge in [0.05, 0.1) is 18.4 Å². The van der Waals surface area contributed by atoms with Crippen molar-refractivity contribution in [2.75, 3.05) is 37.5 Å². The van der Waals surface area contributed by atoms with Crippen molar-refractivity contribution in [3.63, 3.8) is 0 Å². The van der Waals surface area contributed by atoms with Crippen molar-refractivity contribution in [1.29, 1.82) is 0 Å². The molecule has 0 radical (unpaired) electrons. The van der Waals surface area contributed by atoms with E-state index in [1.165, 1.54) is 24.0 Å². The summed E-state index contributed by atoms with van der Waals surface area (Å²) in [5.74, 6) is 1.85. The third-order valence-electron chi connectivity index (χ3n) is 9.49. The van der Waals surface area contributed by atoms with Crippen LogP contribution in [0.3, 0.4) is 0 Å². The fraction of sp³-hybridized carbons (Fsp3) is 0.581. The van der Waals surface area contributed by atoms with Crippen molar-refractivity contribution in [3.8, 4) is 5.75 Å². The van der Waals surface area contributed by atoms with E-state index in [4.69, 9.17) is 21.1 Å². The average Bonchev–Trinajstić information content (AvgIpc) is 3.06. The van der Waals surface area contributed by atoms with Gasteiger partial charge < -0.3 is 22.9 Å². The molecule has 1 saturated carbocycles. The molecule has 210 valence electrons. The lowest BCUT2D eigenvalue weighted by atomic mass is 9.68. The maximum absolute atomic E-state index is 13.0. The van der Waals surface area contributed by atoms with Gasteiger partial charge in [0.1, 0.15) is 5.75 Å². The lowest BCUT2D eigenvalue weighted by Gasteiger charge is -2.46. The molecule has 8 heteroatoms. The molecule has 39 heavy (non-hydrogen) atoms. The van der Waals surface area contributed by atoms with Crippen LogP contribution in [-0.2, 0) is 31.4 Å². The number of amides is 1. The molecule has 4 unspecified atom stereocenters. The Hall–Kier alpha value is -2.09. The minimum Gasteiger partial charge on any atom is -0.490 e. The molecule has 2 aromatic rings. The Labute approximate surface area is 238 Å². The quantitative estimate of drug-likeness (QED) is 0.357. The van der Waals surface area contributed by atoms with Crippen molar-refractivity contribution in [2.45, 2.75) is 69.3 Å². The zero-order valence-corrected chi connectivity index (χ0v) is 24.3. The summed E-state index contributed by atoms with van der Waals surface area (Å²) in [6.45, 7) is 2.30. The number of hydrogen-bond acceptors (Lipinski definition) is 6. The van der Waals surface area contributed by atoms with Crippen LogP contribution in [0.15, 0.2) is 40.8 Å². The summed E-state index contributed by atoms with van der Waals surface area (Å²) >= 11 is 6.40. The van der Waals surface area contributed by atoms with Gasteiger partial charge in [0, 0.05) is 36.2 Å². The van der Waals surface area contributed by atoms with Crippen LogP contribution in [0.2, 0.25) is 5.02 Å². The first-order valence-electron chi connectivity index (χ1n) is 14.4. The van der Waals surface area contributed by atoms with Gasteiger partial charge in [-0.1, -0.05) is 42.7 Å². The van der Waals surface area contributed by atoms with Gasteiger partial charge in [-0.15, -0.1) is 0 Å². The Morgan fingerprint density at radius 3 is 2.82 bits per heavy atom. The number of fused-ring (bicyclic) bond motifs is 4. The Balaban J connectivity index is 1.41. The van der Waals surface area contributed by atoms with Crippen molar-refractivity contribution in [3.05, 3.63) is 58.1 Å². The summed E-state index contributed by atoms with van der Waals surface area (Å²) in [6, 6.07) is 11.9. The fourth-order valence-corrected chi connectivity index (χ4v) is 8.31. The van der Waals surface area contributed by atoms with Crippen molar-refractivity contribution in [1.82, 2.24) is 0 Å². The van der Waals surface area contributed by atoms with Crippen molar-refractivity contribution in [2.24, 2.45) is 16.2 Å². The Bertz CT molecular complexity index is 1330. The zero-order valence-electron chi connectivity index (χ0n) is 22.7. The Morgan fingerprint density at radius 1 is 1.10 bits per heavy atom. The van der Waals surface area contributed by atoms with Crippen LogP contribution in [0.1, 0.15) is 72.9 Å². The molecule has 1 spiro atoms. The predicted octanol–water partition coefficient (Wildman–Crippen LogP) is 6.72. The number of benzene rings is 2. The van der Waals surface area contributed by atoms with E-state index >= 15 is 0 Å². The summed E-state index contributed by atoms with van der Waals surface area (Å²) in [4.78, 5) is 15.5. The monoisotopic (exact) mass is 569 g/mol. The normalized spacial score (nSPS) is 29.8. The van der Waals surface area contributed by atoms with E-state index in [-0.39, 0.29) is 11.5 Å². The molecule has 4 aliphatic rings. The Kier molecular flexibility index (Phi) is 7.93. The second kappa shape index (κ2) is 11.4. The Morgan fingerprint density at radius 2 is 2.00 bits per heavy atom. The number of nitrogens with zero attached hydrogens (tertiary/aromatic N) is 2. The van der Waals surface area contributed by atoms with Crippen molar-refractivity contribution < 1.29 is 18.5 Å². The van der Waals surface area contributed by atoms with Crippen LogP contribution in [0.25, 0.3) is 0 Å². The van der Waals surface area contributed by atoms with Gasteiger partial charge in [0.2, 0.25) is 0 Å². The first-order valence-corrected chi connectivity index (χ1v) is 16.1. The molecule has 2 bridgehead atoms. The highest BCUT2D eigenvalue weighted by molar-refractivity contribution is 7.75. The van der Waals surface area contributed by atoms with Gasteiger partial charge in [-0.2, -0.15) is 10.6 Å². The molecule has 0 saturated heterocycles. The number of methoxy groups -OCH3 is 1. The van der Waals surface area contributed by atoms with E-state index in [9.17, 15) is 9.00 Å². The maximum atomic E-state index is 13.0. The summed E-state index contributed by atoms with van der Waals surface area (Å²) in [6.07, 6.45) is 9.61. The second-order valence-corrected chi connectivity index (χ2v) is 13.5. The van der Waals surface area contributed by atoms with E-state index in [2.05, 4.69) is 21.4 Å². The molecule has 0 N–H and O–H groups in total. The number of ether oxygens (including phenoxy) is 2. The largest absolute Gasteiger partial charge is 0.490 e. The number of carbonyl (C=O) groups is 1. The van der Waals surface area contributed by atoms with Gasteiger partial charge in [0.25, 0.3) is 5.91 Å². The number of carbonyl (C=O) groups excluding carboxylic acids is 1. The molecule has 6 rings (SSSR count). The standard InChI is InChI=1S/C31H38ClN2O4S/c1-37-28-7-3-2-4-15-39(36)33-30(35)22-9-13-29-27(17-22)34(18-23-8-11-25(23)28)19-31(20-38-29)14-5-6-21-16-24(32)10-12-26(21)31/h9-10,12-13,16-17,23,25,28H,2-8,11,14-15,18-20H2,1H3/q-1. The van der Waals surface area contributed by atoms with Gasteiger partial charge >= 0.3 is 0 Å². The SMILES string of the molecule is COC1CCCCC[S-](=O)=NC(=O)c2ccc3c(c2)N(CC2CCC21)CC1(CCCc2cc(Cl)ccc21)CO3. The molecular formula is C31H38ClN2O4S-. The van der Waals surface area contributed by atoms with Crippen LogP contribution < -0.4 is 9.64 Å². The number of aryl methyl sites for hydroxylation is 1. The van der Waals surface area contributed by atoms with Gasteiger partial charge in [-0.05, 0) is 91.8 Å². The summed E-state index contributed by atoms with van der Waals surface area (Å²) in [5.41, 5.74) is 3.89. The number of anilines is 1. The lowest BCUT2D eigenvalue weighted by Crippen LogP contribution is -2.49. The molecule has 6 nitrogen and oxygen atoms in total. The van der Waals surface area contributed by atoms with E-state index in [1.54, 1.807) is 6.07 Å². The third kappa shape index (κ3) is 5.47. The van der Waals surface area contributed by atoms with Crippen molar-refractivity contribution >= 4 is 33.8 Å². The van der Waals surface area contributed by atoms with E-state index in [1.807, 2.05) is 25.3 Å². The number of halogens is 1. The molecule has 2 aromatic carbocycles. The summed E-state index contributed by atoms with van der Waals surface area (Å²) < 4.78 is 29.2. The molecule has 2 aliphatic carbocycles. The molecular weight excluding hydrogens is 532 g/mol. The summed E-state index contributed by atoms with van der Waals surface area (Å²) in [5, 5.41) is 0.779. The smallest absolute Gasteiger partial charge is 0.254 e. The highest BCUT2D eigenvalue weighted by Gasteiger charge is 2.44. The molecule has 2 aliphatic heterocycles. The van der Waals surface area contributed by atoms with Crippen LogP contribution in [0, 0.1) is 11.8 Å². The molecule has 4 atom stereocenters. The number of hydrogen-bond donors (Lipinski definition) is 0. The fourth-order valence-electron chi connectivity index (χ4n) is 7.29. The predicted molar refractivity (Wildman–Crippen MR) is 155 cm³/mol. The van der Waals surface area contributed by atoms with Gasteiger partial charge in [-0.3, -0.25) is 4.79 Å². The molecule has 0 aromatic heterocycles. The van der Waals surface area contributed by atoms with Crippen LogP contribution in [-0.4, -0.2) is 44.6 Å². The van der Waals surface area contributed by atoms with Crippen LogP contribution in [0.5, 0.6) is 5.75 Å².